The van der Waals surface area contributed by atoms with Gasteiger partial charge in [-0.25, -0.2) is 0 Å². The van der Waals surface area contributed by atoms with Crippen molar-refractivity contribution >= 4 is 23.2 Å². The molecular formula is C15H15Cl2NO. The van der Waals surface area contributed by atoms with Crippen LogP contribution in [-0.2, 0) is 13.0 Å². The van der Waals surface area contributed by atoms with Crippen LogP contribution in [0.3, 0.4) is 0 Å². The Labute approximate surface area is 123 Å². The molecule has 0 unspecified atom stereocenters. The van der Waals surface area contributed by atoms with Crippen LogP contribution < -0.4 is 5.32 Å². The predicted octanol–water partition coefficient (Wildman–Crippen LogP) is 4.03. The van der Waals surface area contributed by atoms with Gasteiger partial charge >= 0.3 is 0 Å². The molecule has 4 heteroatoms. The molecule has 2 N–H and O–H groups in total. The summed E-state index contributed by atoms with van der Waals surface area (Å²) < 4.78 is 0. The zero-order valence-corrected chi connectivity index (χ0v) is 11.9. The molecular weight excluding hydrogens is 281 g/mol. The van der Waals surface area contributed by atoms with Crippen molar-refractivity contribution in [2.75, 3.05) is 6.54 Å². The number of halogens is 2. The lowest BCUT2D eigenvalue weighted by Gasteiger charge is -2.07. The van der Waals surface area contributed by atoms with Crippen LogP contribution in [0.2, 0.25) is 10.0 Å². The topological polar surface area (TPSA) is 32.3 Å². The van der Waals surface area contributed by atoms with E-state index in [1.54, 1.807) is 18.2 Å². The van der Waals surface area contributed by atoms with Gasteiger partial charge in [0.1, 0.15) is 5.75 Å². The Morgan fingerprint density at radius 2 is 1.89 bits per heavy atom. The van der Waals surface area contributed by atoms with Gasteiger partial charge in [-0.2, -0.15) is 0 Å². The van der Waals surface area contributed by atoms with Crippen molar-refractivity contribution in [3.05, 3.63) is 63.6 Å². The molecule has 0 spiro atoms. The van der Waals surface area contributed by atoms with Gasteiger partial charge in [-0.05, 0) is 48.4 Å². The molecule has 0 saturated heterocycles. The van der Waals surface area contributed by atoms with E-state index in [1.807, 2.05) is 24.3 Å². The van der Waals surface area contributed by atoms with E-state index in [9.17, 15) is 5.11 Å². The number of hydrogen-bond donors (Lipinski definition) is 2. The van der Waals surface area contributed by atoms with Crippen molar-refractivity contribution in [3.63, 3.8) is 0 Å². The van der Waals surface area contributed by atoms with E-state index in [2.05, 4.69) is 5.32 Å². The van der Waals surface area contributed by atoms with E-state index >= 15 is 0 Å². The van der Waals surface area contributed by atoms with Gasteiger partial charge in [0.15, 0.2) is 0 Å². The van der Waals surface area contributed by atoms with Gasteiger partial charge in [-0.1, -0.05) is 41.4 Å². The Morgan fingerprint density at radius 3 is 2.63 bits per heavy atom. The fraction of sp³-hybridized carbons (Fsp3) is 0.200. The van der Waals surface area contributed by atoms with E-state index in [4.69, 9.17) is 23.2 Å². The molecule has 0 radical (unpaired) electrons. The maximum absolute atomic E-state index is 9.35. The van der Waals surface area contributed by atoms with Crippen molar-refractivity contribution in [1.82, 2.24) is 5.32 Å². The van der Waals surface area contributed by atoms with Gasteiger partial charge in [-0.15, -0.1) is 0 Å². The van der Waals surface area contributed by atoms with Gasteiger partial charge in [0.25, 0.3) is 0 Å². The monoisotopic (exact) mass is 295 g/mol. The third-order valence-corrected chi connectivity index (χ3v) is 3.41. The average Bonchev–Trinajstić information content (AvgIpc) is 2.37. The number of benzene rings is 2. The molecule has 2 aromatic carbocycles. The van der Waals surface area contributed by atoms with Crippen LogP contribution in [0.5, 0.6) is 5.75 Å². The first kappa shape index (κ1) is 14.2. The summed E-state index contributed by atoms with van der Waals surface area (Å²) in [7, 11) is 0. The lowest BCUT2D eigenvalue weighted by Crippen LogP contribution is -2.16. The number of aromatic hydroxyl groups is 1. The van der Waals surface area contributed by atoms with Crippen LogP contribution >= 0.6 is 23.2 Å². The molecule has 0 aliphatic heterocycles. The van der Waals surface area contributed by atoms with Crippen LogP contribution in [0.4, 0.5) is 0 Å². The summed E-state index contributed by atoms with van der Waals surface area (Å²) in [5, 5.41) is 14.0. The second kappa shape index (κ2) is 6.80. The van der Waals surface area contributed by atoms with E-state index in [1.165, 1.54) is 0 Å². The van der Waals surface area contributed by atoms with Crippen LogP contribution in [0.15, 0.2) is 42.5 Å². The van der Waals surface area contributed by atoms with Crippen molar-refractivity contribution in [3.8, 4) is 5.75 Å². The minimum absolute atomic E-state index is 0.292. The minimum atomic E-state index is 0.292. The summed E-state index contributed by atoms with van der Waals surface area (Å²) in [6.07, 6.45) is 0.842. The number of phenolic OH excluding ortho intramolecular Hbond substituents is 1. The smallest absolute Gasteiger partial charge is 0.115 e. The number of phenols is 1. The molecule has 2 rings (SSSR count). The summed E-state index contributed by atoms with van der Waals surface area (Å²) in [5.41, 5.74) is 2.14. The second-order valence-electron chi connectivity index (χ2n) is 4.33. The summed E-state index contributed by atoms with van der Waals surface area (Å²) >= 11 is 12.0. The highest BCUT2D eigenvalue weighted by Gasteiger charge is 2.01. The quantitative estimate of drug-likeness (QED) is 0.816. The highest BCUT2D eigenvalue weighted by molar-refractivity contribution is 6.35. The van der Waals surface area contributed by atoms with Crippen molar-refractivity contribution in [2.24, 2.45) is 0 Å². The lowest BCUT2D eigenvalue weighted by atomic mass is 10.1. The molecule has 100 valence electrons. The fourth-order valence-electron chi connectivity index (χ4n) is 1.85. The summed E-state index contributed by atoms with van der Waals surface area (Å²) in [6.45, 7) is 1.54. The first-order chi connectivity index (χ1) is 9.15. The van der Waals surface area contributed by atoms with Crippen molar-refractivity contribution < 1.29 is 5.11 Å². The fourth-order valence-corrected chi connectivity index (χ4v) is 2.35. The molecule has 19 heavy (non-hydrogen) atoms. The number of nitrogens with one attached hydrogen (secondary N) is 1. The third-order valence-electron chi connectivity index (χ3n) is 2.83. The standard InChI is InChI=1S/C15H15Cl2NO/c16-13-5-4-12(15(17)9-13)6-7-18-10-11-2-1-3-14(19)8-11/h1-5,8-9,18-19H,6-7,10H2. The summed E-state index contributed by atoms with van der Waals surface area (Å²) in [5.74, 6) is 0.292. The molecule has 0 atom stereocenters. The first-order valence-electron chi connectivity index (χ1n) is 6.08. The van der Waals surface area contributed by atoms with Crippen LogP contribution in [0.1, 0.15) is 11.1 Å². The van der Waals surface area contributed by atoms with E-state index in [-0.39, 0.29) is 0 Å². The normalized spacial score (nSPS) is 10.6. The van der Waals surface area contributed by atoms with Gasteiger partial charge < -0.3 is 10.4 Å². The molecule has 0 bridgehead atoms. The van der Waals surface area contributed by atoms with Crippen molar-refractivity contribution in [2.45, 2.75) is 13.0 Å². The molecule has 0 aliphatic rings. The molecule has 0 amide bonds. The van der Waals surface area contributed by atoms with E-state index in [0.29, 0.717) is 15.8 Å². The Balaban J connectivity index is 1.81. The first-order valence-corrected chi connectivity index (χ1v) is 6.83. The molecule has 0 aliphatic carbocycles. The van der Waals surface area contributed by atoms with E-state index < -0.39 is 0 Å². The Hall–Kier alpha value is -1.22. The second-order valence-corrected chi connectivity index (χ2v) is 5.18. The Kier molecular flexibility index (Phi) is 5.08. The molecule has 0 saturated carbocycles. The SMILES string of the molecule is Oc1cccc(CNCCc2ccc(Cl)cc2Cl)c1. The average molecular weight is 296 g/mol. The van der Waals surface area contributed by atoms with Gasteiger partial charge in [0.05, 0.1) is 0 Å². The predicted molar refractivity (Wildman–Crippen MR) is 80.0 cm³/mol. The van der Waals surface area contributed by atoms with Crippen LogP contribution in [0.25, 0.3) is 0 Å². The highest BCUT2D eigenvalue weighted by Crippen LogP contribution is 2.21. The molecule has 2 nitrogen and oxygen atoms in total. The van der Waals surface area contributed by atoms with Gasteiger partial charge in [0, 0.05) is 16.6 Å². The number of rotatable bonds is 5. The van der Waals surface area contributed by atoms with Crippen LogP contribution in [0, 0.1) is 0 Å². The zero-order valence-electron chi connectivity index (χ0n) is 10.4. The van der Waals surface area contributed by atoms with E-state index in [0.717, 1.165) is 30.6 Å². The van der Waals surface area contributed by atoms with Gasteiger partial charge in [-0.3, -0.25) is 0 Å². The largest absolute Gasteiger partial charge is 0.508 e. The molecule has 0 aromatic heterocycles. The third kappa shape index (κ3) is 4.43. The maximum Gasteiger partial charge on any atom is 0.115 e. The molecule has 2 aromatic rings. The lowest BCUT2D eigenvalue weighted by molar-refractivity contribution is 0.474. The molecule has 0 heterocycles. The number of hydrogen-bond acceptors (Lipinski definition) is 2. The molecule has 0 fully saturated rings. The summed E-state index contributed by atoms with van der Waals surface area (Å²) in [4.78, 5) is 0. The zero-order chi connectivity index (χ0) is 13.7. The summed E-state index contributed by atoms with van der Waals surface area (Å²) in [6, 6.07) is 12.8. The van der Waals surface area contributed by atoms with Crippen molar-refractivity contribution in [1.29, 1.82) is 0 Å². The minimum Gasteiger partial charge on any atom is -0.508 e. The van der Waals surface area contributed by atoms with Crippen LogP contribution in [-0.4, -0.2) is 11.7 Å². The Bertz CT molecular complexity index is 558. The Morgan fingerprint density at radius 1 is 1.05 bits per heavy atom. The highest BCUT2D eigenvalue weighted by atomic mass is 35.5. The maximum atomic E-state index is 9.35. The van der Waals surface area contributed by atoms with Gasteiger partial charge in [0.2, 0.25) is 0 Å².